The zero-order valence-corrected chi connectivity index (χ0v) is 13.5. The van der Waals surface area contributed by atoms with Crippen LogP contribution >= 0.6 is 0 Å². The number of likely N-dealkylation sites (N-methyl/N-ethyl adjacent to an activating group) is 1. The first-order chi connectivity index (χ1) is 11.7. The Balaban J connectivity index is 1.68. The zero-order chi connectivity index (χ0) is 16.5. The minimum absolute atomic E-state index is 0.155. The third-order valence-electron chi connectivity index (χ3n) is 4.45. The van der Waals surface area contributed by atoms with Crippen molar-refractivity contribution in [2.24, 2.45) is 0 Å². The molecule has 0 aliphatic carbocycles. The normalized spacial score (nSPS) is 19.0. The number of hydrogen-bond donors (Lipinski definition) is 0. The second-order valence-electron chi connectivity index (χ2n) is 6.04. The Morgan fingerprint density at radius 2 is 2.12 bits per heavy atom. The van der Waals surface area contributed by atoms with E-state index in [2.05, 4.69) is 15.0 Å². The lowest BCUT2D eigenvalue weighted by Crippen LogP contribution is -2.46. The van der Waals surface area contributed by atoms with Gasteiger partial charge in [-0.2, -0.15) is 0 Å². The van der Waals surface area contributed by atoms with Crippen LogP contribution in [0, 0.1) is 0 Å². The standard InChI is InChI=1S/C17H19N5O2/c1-20-7-8-24-11-14(20)10-22-17(23)21-12-18-15(9-16(21)19-22)13-5-3-2-4-6-13/h2-6,9,12,14H,7-8,10-11H2,1H3/t14-/m0/s1. The van der Waals surface area contributed by atoms with Crippen molar-refractivity contribution >= 4 is 5.65 Å². The van der Waals surface area contributed by atoms with Crippen LogP contribution < -0.4 is 5.69 Å². The number of nitrogens with zero attached hydrogens (tertiary/aromatic N) is 5. The molecule has 3 heterocycles. The summed E-state index contributed by atoms with van der Waals surface area (Å²) in [6, 6.07) is 11.9. The number of ether oxygens (including phenoxy) is 1. The van der Waals surface area contributed by atoms with Gasteiger partial charge in [0.25, 0.3) is 0 Å². The second-order valence-corrected chi connectivity index (χ2v) is 6.04. The van der Waals surface area contributed by atoms with Crippen molar-refractivity contribution < 1.29 is 4.74 Å². The zero-order valence-electron chi connectivity index (χ0n) is 13.5. The molecule has 0 unspecified atom stereocenters. The number of rotatable bonds is 3. The van der Waals surface area contributed by atoms with Gasteiger partial charge in [0.1, 0.15) is 6.33 Å². The van der Waals surface area contributed by atoms with Crippen molar-refractivity contribution in [1.29, 1.82) is 0 Å². The van der Waals surface area contributed by atoms with Gasteiger partial charge in [0.2, 0.25) is 0 Å². The molecule has 124 valence electrons. The predicted octanol–water partition coefficient (Wildman–Crippen LogP) is 0.889. The molecular weight excluding hydrogens is 306 g/mol. The highest BCUT2D eigenvalue weighted by molar-refractivity contribution is 5.62. The Kier molecular flexibility index (Phi) is 3.87. The van der Waals surface area contributed by atoms with Crippen molar-refractivity contribution in [3.05, 3.63) is 53.2 Å². The van der Waals surface area contributed by atoms with E-state index in [0.29, 0.717) is 18.8 Å². The topological polar surface area (TPSA) is 64.7 Å². The first-order valence-electron chi connectivity index (χ1n) is 8.01. The Hall–Kier alpha value is -2.51. The molecule has 1 atom stereocenters. The average molecular weight is 325 g/mol. The van der Waals surface area contributed by atoms with Gasteiger partial charge < -0.3 is 4.74 Å². The molecule has 7 nitrogen and oxygen atoms in total. The summed E-state index contributed by atoms with van der Waals surface area (Å²) in [6.07, 6.45) is 1.55. The van der Waals surface area contributed by atoms with Gasteiger partial charge in [-0.05, 0) is 7.05 Å². The number of benzene rings is 1. The first-order valence-corrected chi connectivity index (χ1v) is 8.01. The maximum absolute atomic E-state index is 12.5. The highest BCUT2D eigenvalue weighted by Gasteiger charge is 2.22. The summed E-state index contributed by atoms with van der Waals surface area (Å²) in [4.78, 5) is 19.1. The molecule has 0 saturated carbocycles. The minimum atomic E-state index is -0.170. The average Bonchev–Trinajstić information content (AvgIpc) is 2.93. The first kappa shape index (κ1) is 15.0. The van der Waals surface area contributed by atoms with Gasteiger partial charge in [-0.3, -0.25) is 4.90 Å². The van der Waals surface area contributed by atoms with Crippen LogP contribution in [0.5, 0.6) is 0 Å². The number of fused-ring (bicyclic) bond motifs is 1. The monoisotopic (exact) mass is 325 g/mol. The van der Waals surface area contributed by atoms with E-state index in [0.717, 1.165) is 24.4 Å². The van der Waals surface area contributed by atoms with Crippen LogP contribution in [0.3, 0.4) is 0 Å². The smallest absolute Gasteiger partial charge is 0.351 e. The van der Waals surface area contributed by atoms with Gasteiger partial charge in [0, 0.05) is 18.2 Å². The Bertz CT molecular complexity index is 902. The number of aromatic nitrogens is 4. The van der Waals surface area contributed by atoms with Crippen LogP contribution in [0.1, 0.15) is 0 Å². The highest BCUT2D eigenvalue weighted by Crippen LogP contribution is 2.16. The summed E-state index contributed by atoms with van der Waals surface area (Å²) >= 11 is 0. The molecule has 2 aromatic heterocycles. The molecule has 0 spiro atoms. The largest absolute Gasteiger partial charge is 0.378 e. The van der Waals surface area contributed by atoms with Gasteiger partial charge in [-0.1, -0.05) is 30.3 Å². The fourth-order valence-electron chi connectivity index (χ4n) is 2.94. The molecule has 4 rings (SSSR count). The lowest BCUT2D eigenvalue weighted by atomic mass is 10.1. The summed E-state index contributed by atoms with van der Waals surface area (Å²) in [6.45, 7) is 2.73. The molecule has 3 aromatic rings. The van der Waals surface area contributed by atoms with E-state index in [-0.39, 0.29) is 11.7 Å². The molecule has 0 amide bonds. The Morgan fingerprint density at radius 1 is 1.29 bits per heavy atom. The number of morpholine rings is 1. The molecule has 0 bridgehead atoms. The fourth-order valence-corrected chi connectivity index (χ4v) is 2.94. The van der Waals surface area contributed by atoms with E-state index >= 15 is 0 Å². The molecule has 1 aromatic carbocycles. The SMILES string of the molecule is CN1CCOC[C@@H]1Cn1nc2cc(-c3ccccc3)ncn2c1=O. The van der Waals surface area contributed by atoms with Gasteiger partial charge in [0.15, 0.2) is 5.65 Å². The molecule has 0 radical (unpaired) electrons. The van der Waals surface area contributed by atoms with Gasteiger partial charge >= 0.3 is 5.69 Å². The third kappa shape index (κ3) is 2.72. The number of hydrogen-bond acceptors (Lipinski definition) is 5. The van der Waals surface area contributed by atoms with Crippen molar-refractivity contribution in [2.75, 3.05) is 26.8 Å². The van der Waals surface area contributed by atoms with Crippen LogP contribution in [-0.4, -0.2) is 56.9 Å². The second kappa shape index (κ2) is 6.18. The third-order valence-corrected chi connectivity index (χ3v) is 4.45. The van der Waals surface area contributed by atoms with Gasteiger partial charge in [-0.15, -0.1) is 5.10 Å². The maximum Gasteiger partial charge on any atom is 0.351 e. The van der Waals surface area contributed by atoms with Gasteiger partial charge in [0.05, 0.1) is 31.5 Å². The van der Waals surface area contributed by atoms with Crippen LogP contribution in [0.4, 0.5) is 0 Å². The lowest BCUT2D eigenvalue weighted by Gasteiger charge is -2.31. The molecule has 24 heavy (non-hydrogen) atoms. The van der Waals surface area contributed by atoms with E-state index < -0.39 is 0 Å². The predicted molar refractivity (Wildman–Crippen MR) is 89.9 cm³/mol. The van der Waals surface area contributed by atoms with E-state index in [4.69, 9.17) is 4.74 Å². The molecule has 1 saturated heterocycles. The Labute approximate surface area is 139 Å². The molecule has 1 aliphatic rings. The lowest BCUT2D eigenvalue weighted by molar-refractivity contribution is -0.00177. The summed E-state index contributed by atoms with van der Waals surface area (Å²) < 4.78 is 8.50. The summed E-state index contributed by atoms with van der Waals surface area (Å²) in [7, 11) is 2.04. The highest BCUT2D eigenvalue weighted by atomic mass is 16.5. The summed E-state index contributed by atoms with van der Waals surface area (Å²) in [5.74, 6) is 0. The molecule has 0 N–H and O–H groups in total. The van der Waals surface area contributed by atoms with Crippen LogP contribution in [0.15, 0.2) is 47.5 Å². The van der Waals surface area contributed by atoms with Crippen LogP contribution in [-0.2, 0) is 11.3 Å². The van der Waals surface area contributed by atoms with Crippen LogP contribution in [0.25, 0.3) is 16.9 Å². The molecular formula is C17H19N5O2. The van der Waals surface area contributed by atoms with E-state index in [9.17, 15) is 4.79 Å². The van der Waals surface area contributed by atoms with E-state index in [1.165, 1.54) is 9.08 Å². The van der Waals surface area contributed by atoms with Gasteiger partial charge in [-0.25, -0.2) is 18.9 Å². The summed E-state index contributed by atoms with van der Waals surface area (Å²) in [5, 5.41) is 4.47. The fraction of sp³-hybridized carbons (Fsp3) is 0.353. The van der Waals surface area contributed by atoms with E-state index in [1.54, 1.807) is 6.33 Å². The van der Waals surface area contributed by atoms with Crippen molar-refractivity contribution in [3.63, 3.8) is 0 Å². The summed E-state index contributed by atoms with van der Waals surface area (Å²) in [5.41, 5.74) is 2.24. The molecule has 7 heteroatoms. The quantitative estimate of drug-likeness (QED) is 0.715. The van der Waals surface area contributed by atoms with Crippen molar-refractivity contribution in [2.45, 2.75) is 12.6 Å². The van der Waals surface area contributed by atoms with Crippen molar-refractivity contribution in [3.8, 4) is 11.3 Å². The molecule has 1 fully saturated rings. The van der Waals surface area contributed by atoms with E-state index in [1.807, 2.05) is 43.4 Å². The Morgan fingerprint density at radius 3 is 2.92 bits per heavy atom. The minimum Gasteiger partial charge on any atom is -0.378 e. The maximum atomic E-state index is 12.5. The van der Waals surface area contributed by atoms with Crippen molar-refractivity contribution in [1.82, 2.24) is 24.1 Å². The van der Waals surface area contributed by atoms with Crippen LogP contribution in [0.2, 0.25) is 0 Å². The molecule has 1 aliphatic heterocycles.